The molecule has 1 aromatic carbocycles. The van der Waals surface area contributed by atoms with E-state index >= 15 is 0 Å². The highest BCUT2D eigenvalue weighted by molar-refractivity contribution is 6.00. The lowest BCUT2D eigenvalue weighted by molar-refractivity contribution is -0.231. The van der Waals surface area contributed by atoms with Crippen LogP contribution in [-0.2, 0) is 125 Å². The summed E-state index contributed by atoms with van der Waals surface area (Å²) in [6.45, 7) is 52.0. The van der Waals surface area contributed by atoms with E-state index in [-0.39, 0.29) is 95.5 Å². The Balaban J connectivity index is 0.000000424. The lowest BCUT2D eigenvalue weighted by Gasteiger charge is -2.30. The smallest absolute Gasteiger partial charge is 0.425 e. The van der Waals surface area contributed by atoms with Crippen molar-refractivity contribution in [2.75, 3.05) is 6.61 Å². The molecule has 10 aliphatic rings. The van der Waals surface area contributed by atoms with Crippen molar-refractivity contribution in [1.82, 2.24) is 0 Å². The van der Waals surface area contributed by atoms with Gasteiger partial charge in [-0.15, -0.1) is 0 Å². The molecular formula is C104H151F12N3O26. The third-order valence-corrected chi connectivity index (χ3v) is 30.4. The maximum absolute atomic E-state index is 12.3. The Morgan fingerprint density at radius 1 is 0.393 bits per heavy atom. The second-order valence-corrected chi connectivity index (χ2v) is 44.0. The molecule has 11 rings (SSSR count). The molecule has 145 heavy (non-hydrogen) atoms. The van der Waals surface area contributed by atoms with Crippen LogP contribution < -0.4 is 0 Å². The van der Waals surface area contributed by atoms with E-state index in [1.165, 1.54) is 24.5 Å². The van der Waals surface area contributed by atoms with Crippen LogP contribution in [0.25, 0.3) is 0 Å². The molecule has 29 nitrogen and oxygen atoms in total. The van der Waals surface area contributed by atoms with Crippen LogP contribution in [0.2, 0.25) is 0 Å². The van der Waals surface area contributed by atoms with E-state index in [2.05, 4.69) is 96.0 Å². The quantitative estimate of drug-likeness (QED) is 0.0370. The van der Waals surface area contributed by atoms with Gasteiger partial charge in [-0.05, 0) is 236 Å². The zero-order chi connectivity index (χ0) is 113. The van der Waals surface area contributed by atoms with Gasteiger partial charge >= 0.3 is 102 Å². The summed E-state index contributed by atoms with van der Waals surface area (Å²) in [5, 5.41) is 36.3. The van der Waals surface area contributed by atoms with E-state index in [9.17, 15) is 131 Å². The molecule has 6 saturated carbocycles. The lowest BCUT2D eigenvalue weighted by Crippen LogP contribution is -2.45. The SMILES string of the molecule is CCC(C)(C(=O)OC(C)C(F)(F)F)C(=O)OC(C)C(F)(F)F.CCC(C)(C)C(=O)O.CCC(C)(C)C(=O)OC(C)C(F)(F)F.CCC(C)(C)C(=O)OC(C)C(F)(F)F.CCC(C)(C)C(=O)OC1C2CC3C1OC(=O)C3(C#N)C2.CCC(C)(C)C(=O)OC1C2CC3C1OC(=O)C3(C#N)C2.CCC(C)(C)C(=O)OC1CCOC1=O.CCC(C)C(=O)OC1C2CC3C1OC(=O)C3(C#N)C2.CCC(C)c1ccc(C(C)(C)C)cc1. The number of halogens is 12. The predicted octanol–water partition coefficient (Wildman–Crippen LogP) is 21.5. The van der Waals surface area contributed by atoms with Crippen LogP contribution in [0, 0.1) is 130 Å². The average Bonchev–Trinajstić information content (AvgIpc) is 1.55. The molecule has 0 amide bonds. The molecule has 4 saturated heterocycles. The molecule has 822 valence electrons. The first-order chi connectivity index (χ1) is 66.0. The topological polar surface area (TPSA) is 424 Å². The van der Waals surface area contributed by atoms with Crippen LogP contribution in [-0.4, -0.2) is 181 Å². The highest BCUT2D eigenvalue weighted by atomic mass is 19.4. The number of hydrogen-bond donors (Lipinski definition) is 1. The number of cyclic esters (lactones) is 1. The van der Waals surface area contributed by atoms with Gasteiger partial charge < -0.3 is 61.9 Å². The third-order valence-electron chi connectivity index (χ3n) is 30.4. The summed E-state index contributed by atoms with van der Waals surface area (Å²) in [4.78, 5) is 151. The number of alkyl halides is 12. The van der Waals surface area contributed by atoms with Gasteiger partial charge in [-0.3, -0.25) is 57.5 Å². The van der Waals surface area contributed by atoms with Gasteiger partial charge in [-0.1, -0.05) is 121 Å². The van der Waals surface area contributed by atoms with Gasteiger partial charge in [0.25, 0.3) is 0 Å². The largest absolute Gasteiger partial charge is 0.481 e. The molecule has 4 heterocycles. The number of esters is 12. The van der Waals surface area contributed by atoms with Crippen molar-refractivity contribution in [2.24, 2.45) is 95.6 Å². The van der Waals surface area contributed by atoms with Gasteiger partial charge in [0.1, 0.15) is 36.6 Å². The molecule has 22 unspecified atom stereocenters. The van der Waals surface area contributed by atoms with Gasteiger partial charge in [-0.2, -0.15) is 68.5 Å². The number of nitriles is 3. The minimum Gasteiger partial charge on any atom is -0.481 e. The molecular weight excluding hydrogens is 1940 g/mol. The summed E-state index contributed by atoms with van der Waals surface area (Å²) in [7, 11) is 0. The number of aliphatic carboxylic acids is 1. The van der Waals surface area contributed by atoms with Crippen LogP contribution in [0.5, 0.6) is 0 Å². The number of carboxylic acids is 1. The van der Waals surface area contributed by atoms with Crippen molar-refractivity contribution in [3.63, 3.8) is 0 Å². The summed E-state index contributed by atoms with van der Waals surface area (Å²) < 4.78 is 206. The van der Waals surface area contributed by atoms with E-state index in [4.69, 9.17) is 43.0 Å². The summed E-state index contributed by atoms with van der Waals surface area (Å²) in [5.41, 5.74) is -5.88. The minimum absolute atomic E-state index is 0.0766. The van der Waals surface area contributed by atoms with Crippen molar-refractivity contribution in [1.29, 1.82) is 15.8 Å². The van der Waals surface area contributed by atoms with Gasteiger partial charge in [0, 0.05) is 41.9 Å². The first-order valence-electron chi connectivity index (χ1n) is 49.4. The summed E-state index contributed by atoms with van der Waals surface area (Å²) >= 11 is 0. The van der Waals surface area contributed by atoms with Crippen molar-refractivity contribution >= 4 is 77.6 Å². The number of carbonyl (C=O) groups excluding carboxylic acids is 12. The van der Waals surface area contributed by atoms with Crippen LogP contribution in [0.15, 0.2) is 24.3 Å². The number of ether oxygens (including phenoxy) is 12. The van der Waals surface area contributed by atoms with E-state index in [0.717, 1.165) is 46.5 Å². The number of nitrogens with zero attached hydrogens (tertiary/aromatic N) is 3. The normalized spacial score (nSPS) is 26.9. The highest BCUT2D eigenvalue weighted by Crippen LogP contribution is 2.65. The second-order valence-electron chi connectivity index (χ2n) is 44.0. The molecule has 6 bridgehead atoms. The third kappa shape index (κ3) is 31.3. The van der Waals surface area contributed by atoms with Gasteiger partial charge in [-0.25, -0.2) is 4.79 Å². The molecule has 0 spiro atoms. The first kappa shape index (κ1) is 129. The number of carbonyl (C=O) groups is 13. The Morgan fingerprint density at radius 3 is 0.897 bits per heavy atom. The van der Waals surface area contributed by atoms with Crippen LogP contribution >= 0.6 is 0 Å². The fourth-order valence-electron chi connectivity index (χ4n) is 16.0. The molecule has 1 N–H and O–H groups in total. The monoisotopic (exact) mass is 2090 g/mol. The van der Waals surface area contributed by atoms with Crippen molar-refractivity contribution < 1.29 is 177 Å². The number of carboxylic acid groups (broad SMARTS) is 1. The first-order valence-corrected chi connectivity index (χ1v) is 49.4. The Hall–Kier alpha value is -10.0. The van der Waals surface area contributed by atoms with Crippen LogP contribution in [0.1, 0.15) is 334 Å². The Kier molecular flexibility index (Phi) is 44.4. The molecule has 0 radical (unpaired) electrons. The molecule has 10 fully saturated rings. The highest BCUT2D eigenvalue weighted by Gasteiger charge is 2.75. The molecule has 41 heteroatoms. The zero-order valence-corrected chi connectivity index (χ0v) is 89.3. The molecule has 22 atom stereocenters. The van der Waals surface area contributed by atoms with Gasteiger partial charge in [0.05, 0.1) is 63.2 Å². The fraction of sp³-hybridized carbons (Fsp3) is 0.788. The molecule has 4 aliphatic heterocycles. The Bertz CT molecular complexity index is 4630. The van der Waals surface area contributed by atoms with Crippen LogP contribution in [0.4, 0.5) is 52.7 Å². The zero-order valence-electron chi connectivity index (χ0n) is 89.3. The lowest BCUT2D eigenvalue weighted by atomic mass is 9.74. The van der Waals surface area contributed by atoms with Crippen molar-refractivity contribution in [3.8, 4) is 18.2 Å². The van der Waals surface area contributed by atoms with Crippen molar-refractivity contribution in [3.05, 3.63) is 35.4 Å². The van der Waals surface area contributed by atoms with E-state index in [0.29, 0.717) is 90.6 Å². The van der Waals surface area contributed by atoms with Crippen LogP contribution in [0.3, 0.4) is 0 Å². The number of fused-ring (bicyclic) bond motifs is 3. The number of hydrogen-bond acceptors (Lipinski definition) is 28. The van der Waals surface area contributed by atoms with E-state index < -0.39 is 181 Å². The number of benzene rings is 1. The Labute approximate surface area is 843 Å². The summed E-state index contributed by atoms with van der Waals surface area (Å²) in [6, 6.07) is 15.5. The maximum Gasteiger partial charge on any atom is 0.425 e. The Morgan fingerprint density at radius 2 is 0.669 bits per heavy atom. The predicted molar refractivity (Wildman–Crippen MR) is 498 cm³/mol. The maximum atomic E-state index is 12.3. The molecule has 1 aromatic rings. The summed E-state index contributed by atoms with van der Waals surface area (Å²) in [6.07, 6.45) is -21.5. The molecule has 0 aromatic heterocycles. The van der Waals surface area contributed by atoms with E-state index in [1.807, 2.05) is 69.2 Å². The van der Waals surface area contributed by atoms with Gasteiger partial charge in [0.15, 0.2) is 46.1 Å². The summed E-state index contributed by atoms with van der Waals surface area (Å²) in [5.74, 6) is -7.81. The molecule has 6 aliphatic carbocycles. The standard InChI is InChI=1S/2C15H19NO4.C14H17NO4.C14H22.C12H16F6O4.C10H16O4.2C9H15F3O2.C6H12O2/c2*1-4-14(2,3)12(17)19-10-8-5-9-11(10)20-13(18)15(9,6-8)7-16;1-3-7(2)12(16)18-10-8-4-9-11(10)19-13(17)14(9,5-8)6-15;1-6-11(2)12-7-9-13(10-8-12)14(3,4)5;1-5-10(4,8(19)21-6(2)11(13,14)15)9(20)22-7(3)12(16,17)18;1-4-10(2,3)9(12)14-7-5-6-13-8(7)11;2*1-5-8(3,4)7(13)14-6(2)9(10,11)12;1-4-6(2,3)5(7)8/h2*8-11H,4-6H2,1-3H3;7-11H,3-5H2,1-2H3;7-11H,6H2,1-5H3;6-7H,5H2,1-4H3;7H,4-6H2,1-3H3;2*6H,5H2,1-4H3;4H2,1-3H3,(H,7,8). The average molecular weight is 2090 g/mol. The second kappa shape index (κ2) is 49.8. The van der Waals surface area contributed by atoms with Crippen molar-refractivity contribution in [2.45, 2.75) is 421 Å². The number of rotatable bonds is 27. The fourth-order valence-corrected chi connectivity index (χ4v) is 16.0. The minimum atomic E-state index is -4.85. The van der Waals surface area contributed by atoms with E-state index in [1.54, 1.807) is 69.2 Å². The van der Waals surface area contributed by atoms with Gasteiger partial charge in [0.2, 0.25) is 6.10 Å².